The molecule has 0 spiro atoms. The number of pyridine rings is 1. The molecule has 0 aromatic carbocycles. The first-order valence-corrected chi connectivity index (χ1v) is 5.77. The molecule has 2 rings (SSSR count). The predicted octanol–water partition coefficient (Wildman–Crippen LogP) is 2.94. The van der Waals surface area contributed by atoms with E-state index in [1.165, 1.54) is 0 Å². The molecule has 0 bridgehead atoms. The van der Waals surface area contributed by atoms with Gasteiger partial charge in [0.1, 0.15) is 5.15 Å². The summed E-state index contributed by atoms with van der Waals surface area (Å²) in [5.41, 5.74) is 1.48. The van der Waals surface area contributed by atoms with Crippen LogP contribution in [0.5, 0.6) is 0 Å². The number of hydrogen-bond donors (Lipinski definition) is 1. The zero-order valence-corrected chi connectivity index (χ0v) is 9.92. The van der Waals surface area contributed by atoms with E-state index in [-0.39, 0.29) is 11.8 Å². The molecular weight excluding hydrogens is 226 g/mol. The van der Waals surface area contributed by atoms with Gasteiger partial charge in [-0.2, -0.15) is 0 Å². The van der Waals surface area contributed by atoms with Crippen molar-refractivity contribution in [2.24, 2.45) is 0 Å². The van der Waals surface area contributed by atoms with Gasteiger partial charge in [0.25, 0.3) is 0 Å². The average molecular weight is 240 g/mol. The first-order valence-electron chi connectivity index (χ1n) is 5.39. The summed E-state index contributed by atoms with van der Waals surface area (Å²) >= 11 is 6.11. The average Bonchev–Trinajstić information content (AvgIpc) is 2.12. The third kappa shape index (κ3) is 1.92. The number of carbonyl (C=O) groups is 1. The summed E-state index contributed by atoms with van der Waals surface area (Å²) < 4.78 is 0. The number of carboxylic acids is 1. The molecule has 1 aliphatic carbocycles. The lowest BCUT2D eigenvalue weighted by Crippen LogP contribution is -2.37. The molecule has 86 valence electrons. The molecule has 1 fully saturated rings. The van der Waals surface area contributed by atoms with Crippen molar-refractivity contribution in [3.63, 3.8) is 0 Å². The topological polar surface area (TPSA) is 50.2 Å². The van der Waals surface area contributed by atoms with E-state index >= 15 is 0 Å². The van der Waals surface area contributed by atoms with Crippen molar-refractivity contribution in [2.45, 2.75) is 38.0 Å². The van der Waals surface area contributed by atoms with Gasteiger partial charge in [0, 0.05) is 11.1 Å². The van der Waals surface area contributed by atoms with Crippen LogP contribution in [-0.4, -0.2) is 16.1 Å². The highest BCUT2D eigenvalue weighted by molar-refractivity contribution is 6.30. The van der Waals surface area contributed by atoms with Gasteiger partial charge in [-0.15, -0.1) is 0 Å². The second-order valence-corrected chi connectivity index (χ2v) is 4.85. The molecule has 1 aromatic rings. The molecule has 0 amide bonds. The molecule has 0 unspecified atom stereocenters. The molecule has 3 nitrogen and oxygen atoms in total. The molecule has 0 saturated heterocycles. The Morgan fingerprint density at radius 3 is 2.69 bits per heavy atom. The maximum atomic E-state index is 10.9. The number of halogens is 1. The van der Waals surface area contributed by atoms with Gasteiger partial charge in [-0.1, -0.05) is 24.1 Å². The molecule has 1 saturated carbocycles. The fraction of sp³-hybridized carbons (Fsp3) is 0.500. The van der Waals surface area contributed by atoms with Crippen molar-refractivity contribution in [1.82, 2.24) is 4.98 Å². The zero-order valence-electron chi connectivity index (χ0n) is 9.16. The maximum absolute atomic E-state index is 10.9. The van der Waals surface area contributed by atoms with Crippen LogP contribution in [0.25, 0.3) is 0 Å². The Kier molecular flexibility index (Phi) is 2.89. The highest BCUT2D eigenvalue weighted by Gasteiger charge is 2.42. The van der Waals surface area contributed by atoms with Crippen LogP contribution < -0.4 is 0 Å². The fourth-order valence-corrected chi connectivity index (χ4v) is 2.75. The van der Waals surface area contributed by atoms with Crippen molar-refractivity contribution in [2.75, 3.05) is 0 Å². The minimum atomic E-state index is -0.767. The molecule has 16 heavy (non-hydrogen) atoms. The molecular formula is C12H14ClNO2. The quantitative estimate of drug-likeness (QED) is 0.825. The molecule has 1 aromatic heterocycles. The lowest BCUT2D eigenvalue weighted by molar-refractivity contribution is -0.139. The normalized spacial score (nSPS) is 17.9. The van der Waals surface area contributed by atoms with E-state index in [2.05, 4.69) is 4.98 Å². The maximum Gasteiger partial charge on any atom is 0.304 e. The van der Waals surface area contributed by atoms with Gasteiger partial charge in [-0.3, -0.25) is 4.79 Å². The largest absolute Gasteiger partial charge is 0.481 e. The van der Waals surface area contributed by atoms with Gasteiger partial charge in [-0.25, -0.2) is 4.98 Å². The lowest BCUT2D eigenvalue weighted by Gasteiger charge is -2.41. The van der Waals surface area contributed by atoms with E-state index in [1.807, 2.05) is 19.1 Å². The second-order valence-electron chi connectivity index (χ2n) is 4.50. The van der Waals surface area contributed by atoms with Crippen LogP contribution in [0.15, 0.2) is 12.1 Å². The van der Waals surface area contributed by atoms with E-state index < -0.39 is 5.97 Å². The molecule has 1 N–H and O–H groups in total. The van der Waals surface area contributed by atoms with Crippen molar-refractivity contribution in [3.8, 4) is 0 Å². The molecule has 0 atom stereocenters. The van der Waals surface area contributed by atoms with Gasteiger partial charge < -0.3 is 5.11 Å². The number of aliphatic carboxylic acids is 1. The number of hydrogen-bond acceptors (Lipinski definition) is 2. The summed E-state index contributed by atoms with van der Waals surface area (Å²) in [4.78, 5) is 15.1. The van der Waals surface area contributed by atoms with E-state index in [0.717, 1.165) is 30.5 Å². The molecule has 0 radical (unpaired) electrons. The van der Waals surface area contributed by atoms with Crippen molar-refractivity contribution in [1.29, 1.82) is 0 Å². The first-order chi connectivity index (χ1) is 7.53. The van der Waals surface area contributed by atoms with Crippen LogP contribution in [0.4, 0.5) is 0 Å². The molecule has 4 heteroatoms. The number of carboxylic acid groups (broad SMARTS) is 1. The Bertz CT molecular complexity index is 427. The Morgan fingerprint density at radius 1 is 1.56 bits per heavy atom. The highest BCUT2D eigenvalue weighted by Crippen LogP contribution is 2.48. The van der Waals surface area contributed by atoms with Crippen LogP contribution in [0.3, 0.4) is 0 Å². The summed E-state index contributed by atoms with van der Waals surface area (Å²) in [5, 5.41) is 9.42. The second kappa shape index (κ2) is 4.06. The molecule has 1 aliphatic rings. The van der Waals surface area contributed by atoms with E-state index in [1.54, 1.807) is 0 Å². The van der Waals surface area contributed by atoms with Crippen LogP contribution in [0.2, 0.25) is 5.15 Å². The SMILES string of the molecule is Cc1ccc(C2(CC(=O)O)CCC2)c(Cl)n1. The third-order valence-electron chi connectivity index (χ3n) is 3.36. The number of aryl methyl sites for hydroxylation is 1. The van der Waals surface area contributed by atoms with Gasteiger partial charge >= 0.3 is 5.97 Å². The Labute approximate surface area is 99.5 Å². The molecule has 0 aliphatic heterocycles. The van der Waals surface area contributed by atoms with Crippen LogP contribution in [-0.2, 0) is 10.2 Å². The van der Waals surface area contributed by atoms with Crippen molar-refractivity contribution in [3.05, 3.63) is 28.5 Å². The van der Waals surface area contributed by atoms with E-state index in [0.29, 0.717) is 5.15 Å². The summed E-state index contributed by atoms with van der Waals surface area (Å²) in [6, 6.07) is 3.82. The Morgan fingerprint density at radius 2 is 2.25 bits per heavy atom. The van der Waals surface area contributed by atoms with Gasteiger partial charge in [0.15, 0.2) is 0 Å². The number of nitrogens with zero attached hydrogens (tertiary/aromatic N) is 1. The predicted molar refractivity (Wildman–Crippen MR) is 61.8 cm³/mol. The van der Waals surface area contributed by atoms with Gasteiger partial charge in [0.05, 0.1) is 6.42 Å². The third-order valence-corrected chi connectivity index (χ3v) is 3.65. The zero-order chi connectivity index (χ0) is 11.8. The van der Waals surface area contributed by atoms with Crippen LogP contribution in [0, 0.1) is 6.92 Å². The highest BCUT2D eigenvalue weighted by atomic mass is 35.5. The summed E-state index contributed by atoms with van der Waals surface area (Å²) in [6.45, 7) is 1.88. The fourth-order valence-electron chi connectivity index (χ4n) is 2.35. The first kappa shape index (κ1) is 11.4. The van der Waals surface area contributed by atoms with E-state index in [9.17, 15) is 4.79 Å². The summed E-state index contributed by atoms with van der Waals surface area (Å²) in [6.07, 6.45) is 3.00. The summed E-state index contributed by atoms with van der Waals surface area (Å²) in [5.74, 6) is -0.767. The molecule has 1 heterocycles. The standard InChI is InChI=1S/C12H14ClNO2/c1-8-3-4-9(11(13)14-8)12(5-2-6-12)7-10(15)16/h3-4H,2,5-7H2,1H3,(H,15,16). The van der Waals surface area contributed by atoms with Crippen LogP contribution in [0.1, 0.15) is 36.9 Å². The van der Waals surface area contributed by atoms with Crippen LogP contribution >= 0.6 is 11.6 Å². The van der Waals surface area contributed by atoms with Crippen molar-refractivity contribution >= 4 is 17.6 Å². The number of aromatic nitrogens is 1. The summed E-state index contributed by atoms with van der Waals surface area (Å²) in [7, 11) is 0. The van der Waals surface area contributed by atoms with E-state index in [4.69, 9.17) is 16.7 Å². The number of rotatable bonds is 3. The Balaban J connectivity index is 2.36. The minimum absolute atomic E-state index is 0.150. The lowest BCUT2D eigenvalue weighted by atomic mass is 9.63. The van der Waals surface area contributed by atoms with Crippen molar-refractivity contribution < 1.29 is 9.90 Å². The van der Waals surface area contributed by atoms with Gasteiger partial charge in [0.2, 0.25) is 0 Å². The van der Waals surface area contributed by atoms with Gasteiger partial charge in [-0.05, 0) is 31.4 Å². The monoisotopic (exact) mass is 239 g/mol. The minimum Gasteiger partial charge on any atom is -0.481 e. The Hall–Kier alpha value is -1.09. The smallest absolute Gasteiger partial charge is 0.304 e.